The normalized spacial score (nSPS) is 14.5. The quantitative estimate of drug-likeness (QED) is 0.514. The van der Waals surface area contributed by atoms with Crippen LogP contribution in [0.5, 0.6) is 0 Å². The molecule has 0 saturated heterocycles. The summed E-state index contributed by atoms with van der Waals surface area (Å²) in [7, 11) is 2.42. The molecule has 1 saturated carbocycles. The van der Waals surface area contributed by atoms with Gasteiger partial charge in [-0.05, 0) is 5.92 Å². The summed E-state index contributed by atoms with van der Waals surface area (Å²) in [4.78, 5) is 0. The summed E-state index contributed by atoms with van der Waals surface area (Å²) in [6, 6.07) is 0. The van der Waals surface area contributed by atoms with E-state index in [0.29, 0.717) is 0 Å². The number of hydrogen-bond acceptors (Lipinski definition) is 0. The topological polar surface area (TPSA) is 0 Å². The van der Waals surface area contributed by atoms with Gasteiger partial charge >= 0.3 is 0 Å². The average molecular weight is 241 g/mol. The molecule has 0 aromatic carbocycles. The third-order valence-corrected chi connectivity index (χ3v) is 1.91. The van der Waals surface area contributed by atoms with Crippen LogP contribution < -0.4 is 0 Å². The first-order valence-corrected chi connectivity index (χ1v) is 5.66. The summed E-state index contributed by atoms with van der Waals surface area (Å²) in [6.07, 6.45) is 8.91. The SMILES string of the molecule is Br.CCCCCC1CC1.CP. The van der Waals surface area contributed by atoms with Crippen molar-refractivity contribution < 1.29 is 0 Å². The number of halogens is 1. The number of rotatable bonds is 4. The fourth-order valence-electron chi connectivity index (χ4n) is 1.09. The van der Waals surface area contributed by atoms with Gasteiger partial charge < -0.3 is 0 Å². The Balaban J connectivity index is 0. The zero-order valence-electron chi connectivity index (χ0n) is 7.81. The molecule has 1 aliphatic carbocycles. The Kier molecular flexibility index (Phi) is 14.3. The lowest BCUT2D eigenvalue weighted by Crippen LogP contribution is -1.75. The lowest BCUT2D eigenvalue weighted by molar-refractivity contribution is 0.620. The van der Waals surface area contributed by atoms with E-state index in [0.717, 1.165) is 5.92 Å². The molecule has 0 radical (unpaired) electrons. The van der Waals surface area contributed by atoms with Crippen LogP contribution in [0.1, 0.15) is 45.4 Å². The van der Waals surface area contributed by atoms with E-state index >= 15 is 0 Å². The van der Waals surface area contributed by atoms with Crippen molar-refractivity contribution in [2.24, 2.45) is 5.92 Å². The zero-order chi connectivity index (χ0) is 7.82. The molecule has 70 valence electrons. The lowest BCUT2D eigenvalue weighted by atomic mass is 10.1. The molecule has 1 fully saturated rings. The van der Waals surface area contributed by atoms with Gasteiger partial charge in [0.15, 0.2) is 0 Å². The molecule has 11 heavy (non-hydrogen) atoms. The molecule has 1 rings (SSSR count). The van der Waals surface area contributed by atoms with Gasteiger partial charge in [-0.15, -0.1) is 26.2 Å². The molecule has 0 spiro atoms. The highest BCUT2D eigenvalue weighted by Crippen LogP contribution is 2.33. The van der Waals surface area contributed by atoms with Crippen LogP contribution >= 0.6 is 26.2 Å². The summed E-state index contributed by atoms with van der Waals surface area (Å²) in [6.45, 7) is 4.19. The van der Waals surface area contributed by atoms with Crippen LogP contribution in [-0.4, -0.2) is 6.66 Å². The standard InChI is InChI=1S/C8H16.CH5P.BrH/c1-2-3-4-5-8-6-7-8;1-2;/h8H,2-7H2,1H3;2H2,1H3;1H. The minimum Gasteiger partial charge on any atom is -0.141 e. The second kappa shape index (κ2) is 10.9. The van der Waals surface area contributed by atoms with Crippen LogP contribution in [0.4, 0.5) is 0 Å². The third-order valence-electron chi connectivity index (χ3n) is 1.91. The van der Waals surface area contributed by atoms with Gasteiger partial charge in [0, 0.05) is 0 Å². The Hall–Kier alpha value is 0.910. The van der Waals surface area contributed by atoms with Crippen LogP contribution in [0, 0.1) is 5.92 Å². The van der Waals surface area contributed by atoms with Gasteiger partial charge in [-0.1, -0.05) is 52.1 Å². The lowest BCUT2D eigenvalue weighted by Gasteiger charge is -1.92. The van der Waals surface area contributed by atoms with E-state index in [2.05, 4.69) is 16.2 Å². The van der Waals surface area contributed by atoms with Crippen molar-refractivity contribution in [1.29, 1.82) is 0 Å². The van der Waals surface area contributed by atoms with Crippen LogP contribution in [0.15, 0.2) is 0 Å². The largest absolute Gasteiger partial charge is 0.141 e. The molecule has 2 heteroatoms. The maximum atomic E-state index is 2.42. The van der Waals surface area contributed by atoms with Gasteiger partial charge in [-0.25, -0.2) is 0 Å². The molecular weight excluding hydrogens is 219 g/mol. The predicted octanol–water partition coefficient (Wildman–Crippen LogP) is 4.05. The number of hydrogen-bond donors (Lipinski definition) is 0. The Morgan fingerprint density at radius 1 is 1.18 bits per heavy atom. The molecule has 0 aliphatic heterocycles. The average Bonchev–Trinajstić information content (AvgIpc) is 2.77. The second-order valence-corrected chi connectivity index (χ2v) is 2.94. The van der Waals surface area contributed by atoms with Crippen LogP contribution in [0.2, 0.25) is 0 Å². The van der Waals surface area contributed by atoms with E-state index in [4.69, 9.17) is 0 Å². The molecule has 0 aromatic heterocycles. The van der Waals surface area contributed by atoms with Gasteiger partial charge in [0.1, 0.15) is 0 Å². The Morgan fingerprint density at radius 2 is 1.73 bits per heavy atom. The summed E-state index contributed by atoms with van der Waals surface area (Å²) in [5, 5.41) is 0. The van der Waals surface area contributed by atoms with E-state index in [-0.39, 0.29) is 17.0 Å². The van der Waals surface area contributed by atoms with E-state index in [9.17, 15) is 0 Å². The molecule has 0 bridgehead atoms. The summed E-state index contributed by atoms with van der Waals surface area (Å²) in [5.41, 5.74) is 0. The van der Waals surface area contributed by atoms with Crippen molar-refractivity contribution in [1.82, 2.24) is 0 Å². The van der Waals surface area contributed by atoms with E-state index < -0.39 is 0 Å². The Morgan fingerprint density at radius 3 is 2.09 bits per heavy atom. The molecule has 1 atom stereocenters. The fourth-order valence-corrected chi connectivity index (χ4v) is 1.09. The van der Waals surface area contributed by atoms with Crippen molar-refractivity contribution in [2.45, 2.75) is 45.4 Å². The van der Waals surface area contributed by atoms with Crippen molar-refractivity contribution in [3.8, 4) is 0 Å². The van der Waals surface area contributed by atoms with Crippen LogP contribution in [-0.2, 0) is 0 Å². The first kappa shape index (κ1) is 14.4. The van der Waals surface area contributed by atoms with Crippen molar-refractivity contribution in [3.63, 3.8) is 0 Å². The molecule has 0 amide bonds. The predicted molar refractivity (Wildman–Crippen MR) is 62.8 cm³/mol. The third kappa shape index (κ3) is 10.9. The monoisotopic (exact) mass is 240 g/mol. The van der Waals surface area contributed by atoms with Gasteiger partial charge in [0.25, 0.3) is 0 Å². The first-order valence-electron chi connectivity index (χ1n) is 4.51. The summed E-state index contributed by atoms with van der Waals surface area (Å²) >= 11 is 0. The molecule has 1 aliphatic rings. The van der Waals surface area contributed by atoms with Crippen LogP contribution in [0.25, 0.3) is 0 Å². The molecule has 0 nitrogen and oxygen atoms in total. The van der Waals surface area contributed by atoms with Crippen molar-refractivity contribution in [3.05, 3.63) is 0 Å². The molecule has 0 N–H and O–H groups in total. The van der Waals surface area contributed by atoms with Crippen LogP contribution in [0.3, 0.4) is 0 Å². The maximum absolute atomic E-state index is 2.42. The van der Waals surface area contributed by atoms with E-state index in [1.54, 1.807) is 0 Å². The van der Waals surface area contributed by atoms with Gasteiger partial charge in [0.2, 0.25) is 0 Å². The van der Waals surface area contributed by atoms with Crippen molar-refractivity contribution >= 4 is 26.2 Å². The molecule has 0 heterocycles. The van der Waals surface area contributed by atoms with Crippen molar-refractivity contribution in [2.75, 3.05) is 6.66 Å². The highest BCUT2D eigenvalue weighted by atomic mass is 79.9. The highest BCUT2D eigenvalue weighted by Gasteiger charge is 2.19. The fraction of sp³-hybridized carbons (Fsp3) is 1.00. The highest BCUT2D eigenvalue weighted by molar-refractivity contribution is 8.93. The molecular formula is C9H22BrP. The summed E-state index contributed by atoms with van der Waals surface area (Å²) < 4.78 is 0. The Bertz CT molecular complexity index is 62.6. The molecule has 0 aromatic rings. The number of unbranched alkanes of at least 4 members (excludes halogenated alkanes) is 2. The second-order valence-electron chi connectivity index (χ2n) is 2.94. The first-order chi connectivity index (χ1) is 4.93. The smallest absolute Gasteiger partial charge is 0.0414 e. The zero-order valence-corrected chi connectivity index (χ0v) is 10.7. The van der Waals surface area contributed by atoms with Gasteiger partial charge in [-0.3, -0.25) is 0 Å². The van der Waals surface area contributed by atoms with E-state index in [1.165, 1.54) is 38.5 Å². The molecule has 1 unspecified atom stereocenters. The minimum absolute atomic E-state index is 0. The van der Waals surface area contributed by atoms with E-state index in [1.807, 2.05) is 6.66 Å². The minimum atomic E-state index is 0. The maximum Gasteiger partial charge on any atom is -0.0414 e. The van der Waals surface area contributed by atoms with Gasteiger partial charge in [0.05, 0.1) is 0 Å². The Labute approximate surface area is 84.5 Å². The van der Waals surface area contributed by atoms with Gasteiger partial charge in [-0.2, -0.15) is 0 Å². The summed E-state index contributed by atoms with van der Waals surface area (Å²) in [5.74, 6) is 1.15.